The van der Waals surface area contributed by atoms with Crippen LogP contribution in [0.25, 0.3) is 5.57 Å². The van der Waals surface area contributed by atoms with Crippen LogP contribution in [0.5, 0.6) is 0 Å². The number of amides is 2. The van der Waals surface area contributed by atoms with Gasteiger partial charge in [0.05, 0.1) is 16.8 Å². The van der Waals surface area contributed by atoms with Crippen LogP contribution >= 0.6 is 11.3 Å². The van der Waals surface area contributed by atoms with Gasteiger partial charge in [0.25, 0.3) is 11.8 Å². The van der Waals surface area contributed by atoms with E-state index >= 15 is 0 Å². The van der Waals surface area contributed by atoms with Gasteiger partial charge in [-0.25, -0.2) is 4.90 Å². The van der Waals surface area contributed by atoms with E-state index < -0.39 is 23.6 Å². The standard InChI is InChI=1S/C23H18F3N3O2S/c1-28(2)16-8-4-9-17(13-16)29-21(30)19(18-10-5-11-32-18)20(22(29)31)27-15-7-3-6-14(12-15)23(24,25)26/h3-13,27H,1-2H3. The number of thiophene rings is 1. The van der Waals surface area contributed by atoms with E-state index in [1.165, 1.54) is 23.5 Å². The highest BCUT2D eigenvalue weighted by Gasteiger charge is 2.41. The Kier molecular flexibility index (Phi) is 5.52. The fourth-order valence-electron chi connectivity index (χ4n) is 3.36. The van der Waals surface area contributed by atoms with Crippen LogP contribution in [0.3, 0.4) is 0 Å². The Morgan fingerprint density at radius 2 is 1.69 bits per heavy atom. The molecule has 0 radical (unpaired) electrons. The van der Waals surface area contributed by atoms with Crippen molar-refractivity contribution in [2.75, 3.05) is 29.2 Å². The van der Waals surface area contributed by atoms with Gasteiger partial charge in [-0.15, -0.1) is 11.3 Å². The first-order valence-corrected chi connectivity index (χ1v) is 10.4. The Bertz CT molecular complexity index is 1220. The van der Waals surface area contributed by atoms with E-state index in [1.54, 1.807) is 35.7 Å². The molecule has 1 aliphatic heterocycles. The third-order valence-corrected chi connectivity index (χ3v) is 5.80. The topological polar surface area (TPSA) is 52.6 Å². The third-order valence-electron chi connectivity index (χ3n) is 4.92. The lowest BCUT2D eigenvalue weighted by molar-refractivity contribution is -0.137. The molecule has 1 aliphatic rings. The minimum absolute atomic E-state index is 0.0629. The summed E-state index contributed by atoms with van der Waals surface area (Å²) in [6.07, 6.45) is -4.53. The Labute approximate surface area is 186 Å². The average molecular weight is 457 g/mol. The molecule has 32 heavy (non-hydrogen) atoms. The Hall–Kier alpha value is -3.59. The normalized spacial score (nSPS) is 14.3. The number of nitrogens with one attached hydrogen (secondary N) is 1. The quantitative estimate of drug-likeness (QED) is 0.533. The van der Waals surface area contributed by atoms with E-state index in [0.717, 1.165) is 22.7 Å². The number of anilines is 3. The molecule has 0 bridgehead atoms. The van der Waals surface area contributed by atoms with Crippen LogP contribution in [0.4, 0.5) is 30.2 Å². The molecule has 0 spiro atoms. The van der Waals surface area contributed by atoms with Crippen molar-refractivity contribution in [2.45, 2.75) is 6.18 Å². The van der Waals surface area contributed by atoms with Crippen molar-refractivity contribution in [3.8, 4) is 0 Å². The summed E-state index contributed by atoms with van der Waals surface area (Å²) in [4.78, 5) is 30.1. The van der Waals surface area contributed by atoms with Gasteiger partial charge in [-0.2, -0.15) is 13.2 Å². The lowest BCUT2D eigenvalue weighted by Crippen LogP contribution is -2.32. The number of hydrogen-bond acceptors (Lipinski definition) is 5. The van der Waals surface area contributed by atoms with Gasteiger partial charge in [-0.05, 0) is 47.8 Å². The molecular formula is C23H18F3N3O2S. The molecule has 164 valence electrons. The summed E-state index contributed by atoms with van der Waals surface area (Å²) in [7, 11) is 3.67. The van der Waals surface area contributed by atoms with Gasteiger partial charge in [0.1, 0.15) is 5.70 Å². The van der Waals surface area contributed by atoms with Gasteiger partial charge in [-0.1, -0.05) is 18.2 Å². The van der Waals surface area contributed by atoms with E-state index in [4.69, 9.17) is 0 Å². The summed E-state index contributed by atoms with van der Waals surface area (Å²) in [6.45, 7) is 0. The fraction of sp³-hybridized carbons (Fsp3) is 0.130. The minimum Gasteiger partial charge on any atom is -0.378 e. The van der Waals surface area contributed by atoms with Crippen molar-refractivity contribution in [2.24, 2.45) is 0 Å². The van der Waals surface area contributed by atoms with E-state index in [2.05, 4.69) is 5.32 Å². The van der Waals surface area contributed by atoms with Gasteiger partial charge in [0.15, 0.2) is 0 Å². The summed E-state index contributed by atoms with van der Waals surface area (Å²) in [5.41, 5.74) is 0.438. The predicted octanol–water partition coefficient (Wildman–Crippen LogP) is 5.23. The molecule has 1 aromatic heterocycles. The molecule has 0 atom stereocenters. The number of carbonyl (C=O) groups excluding carboxylic acids is 2. The number of benzene rings is 2. The van der Waals surface area contributed by atoms with Crippen LogP contribution in [0.1, 0.15) is 10.4 Å². The Morgan fingerprint density at radius 3 is 2.34 bits per heavy atom. The van der Waals surface area contributed by atoms with Gasteiger partial charge in [0, 0.05) is 30.3 Å². The van der Waals surface area contributed by atoms with E-state index in [-0.39, 0.29) is 17.0 Å². The van der Waals surface area contributed by atoms with E-state index in [0.29, 0.717) is 10.6 Å². The minimum atomic E-state index is -4.53. The Balaban J connectivity index is 1.78. The van der Waals surface area contributed by atoms with Crippen LogP contribution < -0.4 is 15.1 Å². The number of alkyl halides is 3. The largest absolute Gasteiger partial charge is 0.416 e. The maximum absolute atomic E-state index is 13.3. The monoisotopic (exact) mass is 457 g/mol. The van der Waals surface area contributed by atoms with E-state index in [9.17, 15) is 22.8 Å². The van der Waals surface area contributed by atoms with Crippen molar-refractivity contribution in [1.29, 1.82) is 0 Å². The molecule has 3 aromatic rings. The summed E-state index contributed by atoms with van der Waals surface area (Å²) < 4.78 is 39.4. The summed E-state index contributed by atoms with van der Waals surface area (Å²) >= 11 is 1.27. The number of nitrogens with zero attached hydrogens (tertiary/aromatic N) is 2. The fourth-order valence-corrected chi connectivity index (χ4v) is 4.13. The molecule has 0 saturated heterocycles. The van der Waals surface area contributed by atoms with Crippen molar-refractivity contribution >= 4 is 45.8 Å². The second-order valence-corrected chi connectivity index (χ2v) is 8.24. The highest BCUT2D eigenvalue weighted by molar-refractivity contribution is 7.11. The van der Waals surface area contributed by atoms with Gasteiger partial charge in [0.2, 0.25) is 0 Å². The number of halogens is 3. The highest BCUT2D eigenvalue weighted by Crippen LogP contribution is 2.37. The molecule has 5 nitrogen and oxygen atoms in total. The number of imide groups is 1. The zero-order valence-electron chi connectivity index (χ0n) is 17.1. The van der Waals surface area contributed by atoms with Crippen LogP contribution in [-0.2, 0) is 15.8 Å². The SMILES string of the molecule is CN(C)c1cccc(N2C(=O)C(Nc3cccc(C(F)(F)F)c3)=C(c3cccs3)C2=O)c1. The zero-order chi connectivity index (χ0) is 23.0. The summed E-state index contributed by atoms with van der Waals surface area (Å²) in [6, 6.07) is 14.9. The second kappa shape index (κ2) is 8.16. The summed E-state index contributed by atoms with van der Waals surface area (Å²) in [5, 5.41) is 4.53. The predicted molar refractivity (Wildman–Crippen MR) is 120 cm³/mol. The average Bonchev–Trinajstić information content (AvgIpc) is 3.34. The molecule has 0 saturated carbocycles. The van der Waals surface area contributed by atoms with Crippen LogP contribution in [0.2, 0.25) is 0 Å². The molecule has 1 N–H and O–H groups in total. The Morgan fingerprint density at radius 1 is 0.938 bits per heavy atom. The van der Waals surface area contributed by atoms with Crippen molar-refractivity contribution in [3.63, 3.8) is 0 Å². The first-order chi connectivity index (χ1) is 15.2. The molecule has 4 rings (SSSR count). The van der Waals surface area contributed by atoms with Gasteiger partial charge >= 0.3 is 6.18 Å². The molecule has 0 fully saturated rings. The first kappa shape index (κ1) is 21.6. The smallest absolute Gasteiger partial charge is 0.378 e. The van der Waals surface area contributed by atoms with Crippen LogP contribution in [-0.4, -0.2) is 25.9 Å². The maximum Gasteiger partial charge on any atom is 0.416 e. The number of carbonyl (C=O) groups is 2. The zero-order valence-corrected chi connectivity index (χ0v) is 17.9. The molecular weight excluding hydrogens is 439 g/mol. The first-order valence-electron chi connectivity index (χ1n) is 9.55. The van der Waals surface area contributed by atoms with Gasteiger partial charge in [-0.3, -0.25) is 9.59 Å². The summed E-state index contributed by atoms with van der Waals surface area (Å²) in [5.74, 6) is -1.17. The molecule has 0 unspecified atom stereocenters. The molecule has 2 aromatic carbocycles. The van der Waals surface area contributed by atoms with Crippen molar-refractivity contribution in [1.82, 2.24) is 0 Å². The van der Waals surface area contributed by atoms with Gasteiger partial charge < -0.3 is 10.2 Å². The molecule has 2 heterocycles. The van der Waals surface area contributed by atoms with E-state index in [1.807, 2.05) is 25.1 Å². The second-order valence-electron chi connectivity index (χ2n) is 7.29. The molecule has 9 heteroatoms. The maximum atomic E-state index is 13.3. The molecule has 2 amide bonds. The number of rotatable bonds is 5. The van der Waals surface area contributed by atoms with Crippen molar-refractivity contribution < 1.29 is 22.8 Å². The van der Waals surface area contributed by atoms with Crippen LogP contribution in [0.15, 0.2) is 71.7 Å². The van der Waals surface area contributed by atoms with Crippen LogP contribution in [0, 0.1) is 0 Å². The lowest BCUT2D eigenvalue weighted by atomic mass is 10.1. The van der Waals surface area contributed by atoms with Crippen molar-refractivity contribution in [3.05, 3.63) is 82.2 Å². The lowest BCUT2D eigenvalue weighted by Gasteiger charge is -2.19. The molecule has 0 aliphatic carbocycles. The third kappa shape index (κ3) is 3.99. The highest BCUT2D eigenvalue weighted by atomic mass is 32.1. The number of hydrogen-bond donors (Lipinski definition) is 1.